The lowest BCUT2D eigenvalue weighted by Crippen LogP contribution is -2.10. The molecule has 2 N–H and O–H groups in total. The highest BCUT2D eigenvalue weighted by atomic mass is 16.1. The van der Waals surface area contributed by atoms with Crippen LogP contribution in [0.5, 0.6) is 0 Å². The van der Waals surface area contributed by atoms with Crippen molar-refractivity contribution in [2.24, 2.45) is 5.73 Å². The fraction of sp³-hybridized carbons (Fsp3) is 0.250. The van der Waals surface area contributed by atoms with Gasteiger partial charge >= 0.3 is 0 Å². The molecule has 2 atom stereocenters. The van der Waals surface area contributed by atoms with Crippen LogP contribution in [-0.2, 0) is 0 Å². The highest BCUT2D eigenvalue weighted by Crippen LogP contribution is 2.54. The number of aromatic nitrogens is 4. The molecule has 2 aliphatic rings. The lowest BCUT2D eigenvalue weighted by Gasteiger charge is -2.15. The van der Waals surface area contributed by atoms with E-state index in [4.69, 9.17) is 15.8 Å². The van der Waals surface area contributed by atoms with E-state index in [1.807, 2.05) is 49.5 Å². The van der Waals surface area contributed by atoms with Gasteiger partial charge in [-0.3, -0.25) is 19.4 Å². The number of hydrogen-bond acceptors (Lipinski definition) is 4. The van der Waals surface area contributed by atoms with E-state index in [1.54, 1.807) is 6.07 Å². The minimum Gasteiger partial charge on any atom is -0.366 e. The number of nitrogens with zero attached hydrogens (tertiary/aromatic N) is 4. The zero-order valence-corrected chi connectivity index (χ0v) is 16.7. The van der Waals surface area contributed by atoms with Gasteiger partial charge in [-0.1, -0.05) is 6.07 Å². The van der Waals surface area contributed by atoms with E-state index in [0.29, 0.717) is 17.5 Å². The Bertz CT molecular complexity index is 1340. The zero-order chi connectivity index (χ0) is 20.4. The van der Waals surface area contributed by atoms with Crippen LogP contribution in [0, 0.1) is 6.92 Å². The number of amides is 1. The Morgan fingerprint density at radius 1 is 1.17 bits per heavy atom. The number of carbonyl (C=O) groups is 1. The fourth-order valence-electron chi connectivity index (χ4n) is 5.18. The molecule has 1 amide bonds. The number of primary amides is 1. The maximum absolute atomic E-state index is 11.8. The molecule has 148 valence electrons. The molecule has 1 saturated carbocycles. The second-order valence-corrected chi connectivity index (χ2v) is 8.34. The van der Waals surface area contributed by atoms with E-state index in [2.05, 4.69) is 9.67 Å². The van der Waals surface area contributed by atoms with Crippen LogP contribution in [0.15, 0.2) is 48.7 Å². The van der Waals surface area contributed by atoms with Gasteiger partial charge < -0.3 is 5.73 Å². The Morgan fingerprint density at radius 2 is 2.07 bits per heavy atom. The maximum Gasteiger partial charge on any atom is 0.248 e. The summed E-state index contributed by atoms with van der Waals surface area (Å²) < 4.78 is 2.23. The molecular formula is C24H21N5O. The number of pyridine rings is 2. The van der Waals surface area contributed by atoms with Crippen LogP contribution >= 0.6 is 0 Å². The quantitative estimate of drug-likeness (QED) is 0.557. The summed E-state index contributed by atoms with van der Waals surface area (Å²) in [7, 11) is 0. The summed E-state index contributed by atoms with van der Waals surface area (Å²) in [5.74, 6) is 0.0742. The standard InChI is InChI=1S/C24H21N5O/c1-13-3-2-4-20(27-13)22-21(23-14-5-7-16(11-14)29(23)28-22)17-9-10-26-19-8-6-15(24(25)30)12-18(17)19/h2-4,6,8-10,12,14,16H,5,7,11H2,1H3,(H2,25,30)/t14-,16+/m0/s1. The highest BCUT2D eigenvalue weighted by Gasteiger charge is 2.42. The fourth-order valence-corrected chi connectivity index (χ4v) is 5.18. The monoisotopic (exact) mass is 395 g/mol. The van der Waals surface area contributed by atoms with Crippen molar-refractivity contribution in [3.63, 3.8) is 0 Å². The third-order valence-electron chi connectivity index (χ3n) is 6.51. The Balaban J connectivity index is 1.68. The number of rotatable bonds is 3. The minimum atomic E-state index is -0.438. The molecule has 30 heavy (non-hydrogen) atoms. The lowest BCUT2D eigenvalue weighted by molar-refractivity contribution is 0.100. The summed E-state index contributed by atoms with van der Waals surface area (Å²) in [6.07, 6.45) is 5.36. The van der Waals surface area contributed by atoms with Crippen LogP contribution in [0.3, 0.4) is 0 Å². The van der Waals surface area contributed by atoms with Gasteiger partial charge in [0.1, 0.15) is 5.69 Å². The molecule has 6 rings (SSSR count). The Hall–Kier alpha value is -3.54. The molecular weight excluding hydrogens is 374 g/mol. The molecule has 1 aliphatic heterocycles. The van der Waals surface area contributed by atoms with Gasteiger partial charge in [0.05, 0.1) is 22.9 Å². The topological polar surface area (TPSA) is 86.7 Å². The molecule has 6 nitrogen and oxygen atoms in total. The largest absolute Gasteiger partial charge is 0.366 e. The summed E-state index contributed by atoms with van der Waals surface area (Å²) in [5, 5.41) is 5.99. The van der Waals surface area contributed by atoms with Gasteiger partial charge in [-0.05, 0) is 68.1 Å². The number of fused-ring (bicyclic) bond motifs is 6. The third-order valence-corrected chi connectivity index (χ3v) is 6.51. The molecule has 1 fully saturated rings. The second kappa shape index (κ2) is 6.23. The molecule has 0 radical (unpaired) electrons. The predicted molar refractivity (Wildman–Crippen MR) is 115 cm³/mol. The first-order valence-electron chi connectivity index (χ1n) is 10.4. The average molecular weight is 395 g/mol. The predicted octanol–water partition coefficient (Wildman–Crippen LogP) is 4.39. The first kappa shape index (κ1) is 17.3. The van der Waals surface area contributed by atoms with E-state index in [1.165, 1.54) is 18.5 Å². The number of hydrogen-bond donors (Lipinski definition) is 1. The van der Waals surface area contributed by atoms with E-state index in [0.717, 1.165) is 45.5 Å². The smallest absolute Gasteiger partial charge is 0.248 e. The number of aryl methyl sites for hydroxylation is 1. The molecule has 2 bridgehead atoms. The molecule has 0 spiro atoms. The van der Waals surface area contributed by atoms with Crippen LogP contribution in [0.25, 0.3) is 33.4 Å². The van der Waals surface area contributed by atoms with Gasteiger partial charge in [0, 0.05) is 34.3 Å². The molecule has 0 saturated heterocycles. The molecule has 4 heterocycles. The van der Waals surface area contributed by atoms with Gasteiger partial charge in [-0.2, -0.15) is 5.10 Å². The van der Waals surface area contributed by atoms with E-state index in [-0.39, 0.29) is 0 Å². The Labute approximate surface area is 173 Å². The van der Waals surface area contributed by atoms with Crippen LogP contribution in [0.4, 0.5) is 0 Å². The van der Waals surface area contributed by atoms with Gasteiger partial charge in [-0.25, -0.2) is 0 Å². The lowest BCUT2D eigenvalue weighted by atomic mass is 9.91. The van der Waals surface area contributed by atoms with Crippen LogP contribution < -0.4 is 5.73 Å². The summed E-state index contributed by atoms with van der Waals surface area (Å²) >= 11 is 0. The molecule has 1 aliphatic carbocycles. The SMILES string of the molecule is Cc1cccc(-c2nn3c(c2-c2ccnc4ccc(C(N)=O)cc24)[C@H]2CC[C@@H]3C2)n1. The average Bonchev–Trinajstić information content (AvgIpc) is 3.45. The molecule has 0 unspecified atom stereocenters. The van der Waals surface area contributed by atoms with Crippen LogP contribution in [0.1, 0.15) is 53.0 Å². The normalized spacial score (nSPS) is 19.4. The van der Waals surface area contributed by atoms with Crippen molar-refractivity contribution in [1.82, 2.24) is 19.7 Å². The van der Waals surface area contributed by atoms with E-state index in [9.17, 15) is 4.79 Å². The summed E-state index contributed by atoms with van der Waals surface area (Å²) in [6, 6.07) is 14.0. The zero-order valence-electron chi connectivity index (χ0n) is 16.7. The van der Waals surface area contributed by atoms with Crippen LogP contribution in [-0.4, -0.2) is 25.7 Å². The Kier molecular flexibility index (Phi) is 3.60. The Morgan fingerprint density at radius 3 is 2.90 bits per heavy atom. The summed E-state index contributed by atoms with van der Waals surface area (Å²) in [5.41, 5.74) is 13.1. The maximum atomic E-state index is 11.8. The van der Waals surface area contributed by atoms with Crippen molar-refractivity contribution in [3.8, 4) is 22.5 Å². The first-order chi connectivity index (χ1) is 14.6. The first-order valence-corrected chi connectivity index (χ1v) is 10.4. The van der Waals surface area contributed by atoms with Crippen molar-refractivity contribution < 1.29 is 4.79 Å². The minimum absolute atomic E-state index is 0.438. The molecule has 4 aromatic rings. The summed E-state index contributed by atoms with van der Waals surface area (Å²) in [4.78, 5) is 21.1. The van der Waals surface area contributed by atoms with Crippen molar-refractivity contribution in [1.29, 1.82) is 0 Å². The second-order valence-electron chi connectivity index (χ2n) is 8.34. The van der Waals surface area contributed by atoms with Gasteiger partial charge in [0.25, 0.3) is 0 Å². The molecule has 3 aromatic heterocycles. The van der Waals surface area contributed by atoms with Gasteiger partial charge in [-0.15, -0.1) is 0 Å². The van der Waals surface area contributed by atoms with E-state index >= 15 is 0 Å². The third kappa shape index (κ3) is 2.43. The van der Waals surface area contributed by atoms with Crippen molar-refractivity contribution in [2.75, 3.05) is 0 Å². The van der Waals surface area contributed by atoms with Gasteiger partial charge in [0.2, 0.25) is 5.91 Å². The number of benzene rings is 1. The summed E-state index contributed by atoms with van der Waals surface area (Å²) in [6.45, 7) is 2.00. The van der Waals surface area contributed by atoms with Crippen molar-refractivity contribution in [2.45, 2.75) is 38.1 Å². The number of carbonyl (C=O) groups excluding carboxylic acids is 1. The highest BCUT2D eigenvalue weighted by molar-refractivity contribution is 6.03. The van der Waals surface area contributed by atoms with E-state index < -0.39 is 5.91 Å². The molecule has 1 aromatic carbocycles. The van der Waals surface area contributed by atoms with Crippen molar-refractivity contribution in [3.05, 3.63) is 65.6 Å². The van der Waals surface area contributed by atoms with Crippen molar-refractivity contribution >= 4 is 16.8 Å². The molecule has 6 heteroatoms. The number of nitrogens with two attached hydrogens (primary N) is 1. The van der Waals surface area contributed by atoms with Crippen LogP contribution in [0.2, 0.25) is 0 Å². The van der Waals surface area contributed by atoms with Gasteiger partial charge in [0.15, 0.2) is 0 Å².